The van der Waals surface area contributed by atoms with E-state index in [2.05, 4.69) is 27.9 Å². The molecule has 110 valence electrons. The zero-order valence-electron chi connectivity index (χ0n) is 12.3. The minimum Gasteiger partial charge on any atom is -0.481 e. The van der Waals surface area contributed by atoms with Crippen molar-refractivity contribution < 1.29 is 9.90 Å². The van der Waals surface area contributed by atoms with E-state index in [9.17, 15) is 9.90 Å². The first kappa shape index (κ1) is 13.8. The lowest BCUT2D eigenvalue weighted by Crippen LogP contribution is -2.43. The van der Waals surface area contributed by atoms with Crippen LogP contribution in [0.3, 0.4) is 0 Å². The van der Waals surface area contributed by atoms with Crippen molar-refractivity contribution in [1.29, 1.82) is 0 Å². The molecule has 0 radical (unpaired) electrons. The van der Waals surface area contributed by atoms with E-state index >= 15 is 0 Å². The summed E-state index contributed by atoms with van der Waals surface area (Å²) in [7, 11) is 0. The number of nitrogens with zero attached hydrogens (tertiary/aromatic N) is 3. The van der Waals surface area contributed by atoms with Gasteiger partial charge in [0.15, 0.2) is 0 Å². The van der Waals surface area contributed by atoms with Crippen molar-refractivity contribution in [3.05, 3.63) is 30.1 Å². The van der Waals surface area contributed by atoms with Crippen LogP contribution in [0.2, 0.25) is 0 Å². The summed E-state index contributed by atoms with van der Waals surface area (Å²) in [4.78, 5) is 22.1. The van der Waals surface area contributed by atoms with Crippen LogP contribution in [0.1, 0.15) is 18.9 Å². The van der Waals surface area contributed by atoms with Crippen molar-refractivity contribution in [2.75, 3.05) is 18.0 Å². The first-order chi connectivity index (χ1) is 10.0. The number of hydrogen-bond acceptors (Lipinski definition) is 4. The fourth-order valence-electron chi connectivity index (χ4n) is 3.11. The zero-order valence-corrected chi connectivity index (χ0v) is 12.3. The molecule has 5 heteroatoms. The molecule has 1 N–H and O–H groups in total. The van der Waals surface area contributed by atoms with Crippen LogP contribution >= 0.6 is 0 Å². The number of piperidine rings is 1. The summed E-state index contributed by atoms with van der Waals surface area (Å²) >= 11 is 0. The second-order valence-corrected chi connectivity index (χ2v) is 6.00. The summed E-state index contributed by atoms with van der Waals surface area (Å²) in [5.74, 6) is 0.140. The number of carboxylic acid groups (broad SMARTS) is 1. The highest BCUT2D eigenvalue weighted by atomic mass is 16.4. The minimum atomic E-state index is -0.721. The maximum Gasteiger partial charge on any atom is 0.308 e. The maximum atomic E-state index is 11.3. The fraction of sp³-hybridized carbons (Fsp3) is 0.438. The summed E-state index contributed by atoms with van der Waals surface area (Å²) in [5, 5.41) is 10.3. The van der Waals surface area contributed by atoms with Gasteiger partial charge < -0.3 is 10.0 Å². The molecule has 1 aromatic carbocycles. The van der Waals surface area contributed by atoms with Crippen molar-refractivity contribution in [1.82, 2.24) is 9.97 Å². The van der Waals surface area contributed by atoms with Crippen LogP contribution in [0.4, 0.5) is 5.82 Å². The number of rotatable bonds is 2. The quantitative estimate of drug-likeness (QED) is 0.918. The molecular formula is C16H19N3O2. The highest BCUT2D eigenvalue weighted by molar-refractivity contribution is 5.90. The van der Waals surface area contributed by atoms with E-state index in [1.54, 1.807) is 6.33 Å². The van der Waals surface area contributed by atoms with Gasteiger partial charge in [-0.05, 0) is 31.4 Å². The second-order valence-electron chi connectivity index (χ2n) is 6.00. The topological polar surface area (TPSA) is 66.3 Å². The van der Waals surface area contributed by atoms with E-state index in [-0.39, 0.29) is 5.92 Å². The monoisotopic (exact) mass is 285 g/mol. The molecule has 5 nitrogen and oxygen atoms in total. The van der Waals surface area contributed by atoms with E-state index in [0.717, 1.165) is 35.2 Å². The number of hydrogen-bond donors (Lipinski definition) is 1. The second kappa shape index (κ2) is 5.31. The van der Waals surface area contributed by atoms with Crippen LogP contribution in [0.25, 0.3) is 10.9 Å². The first-order valence-electron chi connectivity index (χ1n) is 7.23. The molecule has 0 spiro atoms. The first-order valence-corrected chi connectivity index (χ1v) is 7.23. The van der Waals surface area contributed by atoms with Gasteiger partial charge in [-0.25, -0.2) is 9.97 Å². The summed E-state index contributed by atoms with van der Waals surface area (Å²) < 4.78 is 0. The average Bonchev–Trinajstić information content (AvgIpc) is 2.45. The van der Waals surface area contributed by atoms with Gasteiger partial charge in [0.05, 0.1) is 11.4 Å². The number of aliphatic carboxylic acids is 1. The van der Waals surface area contributed by atoms with Crippen LogP contribution < -0.4 is 4.90 Å². The molecule has 2 unspecified atom stereocenters. The number of aromatic nitrogens is 2. The Hall–Kier alpha value is -2.17. The number of carboxylic acids is 1. The van der Waals surface area contributed by atoms with E-state index in [0.29, 0.717) is 12.5 Å². The molecule has 1 aliphatic rings. The predicted octanol–water partition coefficient (Wildman–Crippen LogP) is 2.49. The Morgan fingerprint density at radius 1 is 1.33 bits per heavy atom. The molecule has 1 saturated heterocycles. The van der Waals surface area contributed by atoms with Crippen LogP contribution in [-0.2, 0) is 4.79 Å². The van der Waals surface area contributed by atoms with Gasteiger partial charge in [0.1, 0.15) is 12.1 Å². The van der Waals surface area contributed by atoms with Gasteiger partial charge in [0.2, 0.25) is 0 Å². The molecule has 0 saturated carbocycles. The molecule has 0 aliphatic carbocycles. The summed E-state index contributed by atoms with van der Waals surface area (Å²) in [6, 6.07) is 6.08. The Kier molecular flexibility index (Phi) is 3.49. The summed E-state index contributed by atoms with van der Waals surface area (Å²) in [6.45, 7) is 5.48. The highest BCUT2D eigenvalue weighted by Crippen LogP contribution is 2.30. The van der Waals surface area contributed by atoms with E-state index in [1.165, 1.54) is 0 Å². The van der Waals surface area contributed by atoms with Crippen LogP contribution in [0.15, 0.2) is 24.5 Å². The summed E-state index contributed by atoms with van der Waals surface area (Å²) in [6.07, 6.45) is 2.29. The normalized spacial score (nSPS) is 22.5. The van der Waals surface area contributed by atoms with Gasteiger partial charge in [-0.1, -0.05) is 18.6 Å². The van der Waals surface area contributed by atoms with Crippen molar-refractivity contribution in [3.63, 3.8) is 0 Å². The average molecular weight is 285 g/mol. The van der Waals surface area contributed by atoms with Crippen LogP contribution in [0.5, 0.6) is 0 Å². The molecule has 0 bridgehead atoms. The third-order valence-electron chi connectivity index (χ3n) is 4.08. The minimum absolute atomic E-state index is 0.330. The van der Waals surface area contributed by atoms with Crippen molar-refractivity contribution in [2.45, 2.75) is 20.3 Å². The molecule has 2 aromatic rings. The number of anilines is 1. The molecule has 2 heterocycles. The lowest BCUT2D eigenvalue weighted by Gasteiger charge is -2.35. The molecule has 21 heavy (non-hydrogen) atoms. The third kappa shape index (κ3) is 2.68. The Balaban J connectivity index is 2.03. The van der Waals surface area contributed by atoms with E-state index < -0.39 is 5.97 Å². The molecule has 0 amide bonds. The number of benzene rings is 1. The number of carbonyl (C=O) groups is 1. The Morgan fingerprint density at radius 3 is 2.90 bits per heavy atom. The molecular weight excluding hydrogens is 266 g/mol. The van der Waals surface area contributed by atoms with E-state index in [4.69, 9.17) is 0 Å². The van der Waals surface area contributed by atoms with Gasteiger partial charge in [-0.3, -0.25) is 4.79 Å². The Labute approximate surface area is 123 Å². The van der Waals surface area contributed by atoms with Gasteiger partial charge in [0.25, 0.3) is 0 Å². The fourth-order valence-corrected chi connectivity index (χ4v) is 3.11. The summed E-state index contributed by atoms with van der Waals surface area (Å²) in [5.41, 5.74) is 2.05. The van der Waals surface area contributed by atoms with Gasteiger partial charge in [-0.2, -0.15) is 0 Å². The van der Waals surface area contributed by atoms with Crippen molar-refractivity contribution >= 4 is 22.7 Å². The lowest BCUT2D eigenvalue weighted by atomic mass is 9.90. The largest absolute Gasteiger partial charge is 0.481 e. The van der Waals surface area contributed by atoms with Gasteiger partial charge >= 0.3 is 5.97 Å². The molecule has 1 fully saturated rings. The lowest BCUT2D eigenvalue weighted by molar-refractivity contribution is -0.142. The third-order valence-corrected chi connectivity index (χ3v) is 4.08. The van der Waals surface area contributed by atoms with Gasteiger partial charge in [0, 0.05) is 18.5 Å². The Morgan fingerprint density at radius 2 is 2.14 bits per heavy atom. The standard InChI is InChI=1S/C16H19N3O2/c1-10-3-4-14-13(6-10)15(18-9-17-14)19-7-11(2)5-12(8-19)16(20)21/h3-4,6,9,11-12H,5,7-8H2,1-2H3,(H,20,21). The zero-order chi connectivity index (χ0) is 15.0. The molecule has 3 rings (SSSR count). The molecule has 1 aliphatic heterocycles. The highest BCUT2D eigenvalue weighted by Gasteiger charge is 2.30. The number of aryl methyl sites for hydroxylation is 1. The Bertz CT molecular complexity index is 686. The SMILES string of the molecule is Cc1ccc2ncnc(N3CC(C)CC(C(=O)O)C3)c2c1. The van der Waals surface area contributed by atoms with Crippen molar-refractivity contribution in [2.24, 2.45) is 11.8 Å². The van der Waals surface area contributed by atoms with Crippen LogP contribution in [-0.4, -0.2) is 34.1 Å². The number of fused-ring (bicyclic) bond motifs is 1. The maximum absolute atomic E-state index is 11.3. The molecule has 2 atom stereocenters. The van der Waals surface area contributed by atoms with Crippen LogP contribution in [0, 0.1) is 18.8 Å². The van der Waals surface area contributed by atoms with E-state index in [1.807, 2.05) is 19.1 Å². The van der Waals surface area contributed by atoms with Gasteiger partial charge in [-0.15, -0.1) is 0 Å². The smallest absolute Gasteiger partial charge is 0.308 e. The molecule has 1 aromatic heterocycles. The predicted molar refractivity (Wildman–Crippen MR) is 81.4 cm³/mol. The van der Waals surface area contributed by atoms with Crippen molar-refractivity contribution in [3.8, 4) is 0 Å².